The molecule has 1 fully saturated rings. The quantitative estimate of drug-likeness (QED) is 0.214. The van der Waals surface area contributed by atoms with Crippen LogP contribution < -0.4 is 16.9 Å². The fourth-order valence-corrected chi connectivity index (χ4v) is 1.38. The molecule has 0 aromatic rings. The molecule has 1 saturated heterocycles. The van der Waals surface area contributed by atoms with E-state index in [-0.39, 0.29) is 18.4 Å². The van der Waals surface area contributed by atoms with Crippen molar-refractivity contribution in [2.45, 2.75) is 18.9 Å². The first-order valence-corrected chi connectivity index (χ1v) is 4.21. The Morgan fingerprint density at radius 2 is 1.79 bits per heavy atom. The first-order chi connectivity index (χ1) is 6.13. The van der Waals surface area contributed by atoms with Gasteiger partial charge in [0.05, 0.1) is 6.04 Å². The summed E-state index contributed by atoms with van der Waals surface area (Å²) < 4.78 is 0. The zero-order valence-electron chi connectivity index (χ0n) is 7.73. The lowest BCUT2D eigenvalue weighted by Crippen LogP contribution is -2.53. The molecule has 7 heteroatoms. The molecule has 0 spiro atoms. The van der Waals surface area contributed by atoms with Gasteiger partial charge in [-0.25, -0.2) is 5.84 Å². The number of hydrogen-bond donors (Lipinski definition) is 3. The molecule has 82 valence electrons. The zero-order valence-corrected chi connectivity index (χ0v) is 8.55. The van der Waals surface area contributed by atoms with Crippen LogP contribution in [0.5, 0.6) is 0 Å². The van der Waals surface area contributed by atoms with E-state index in [0.717, 1.165) is 30.9 Å². The average Bonchev–Trinajstić information content (AvgIpc) is 2.17. The first kappa shape index (κ1) is 13.2. The van der Waals surface area contributed by atoms with Crippen molar-refractivity contribution >= 4 is 24.2 Å². The smallest absolute Gasteiger partial charge is 0.325 e. The van der Waals surface area contributed by atoms with E-state index in [2.05, 4.69) is 5.32 Å². The molecule has 1 heterocycles. The van der Waals surface area contributed by atoms with Crippen molar-refractivity contribution in [3.63, 3.8) is 0 Å². The van der Waals surface area contributed by atoms with Crippen molar-refractivity contribution in [1.29, 1.82) is 0 Å². The molecule has 0 bridgehead atoms. The number of nitrogens with zero attached hydrogens (tertiary/aromatic N) is 1. The van der Waals surface area contributed by atoms with Gasteiger partial charge in [-0.05, 0) is 25.9 Å². The maximum atomic E-state index is 11.0. The van der Waals surface area contributed by atoms with E-state index < -0.39 is 11.8 Å². The third-order valence-electron chi connectivity index (χ3n) is 2.15. The molecule has 1 rings (SSSR count). The number of nitrogens with one attached hydrogen (secondary N) is 1. The number of halogens is 1. The third-order valence-corrected chi connectivity index (χ3v) is 2.15. The number of carbonyl (C=O) groups excluding carboxylic acids is 2. The predicted molar refractivity (Wildman–Crippen MR) is 53.4 cm³/mol. The van der Waals surface area contributed by atoms with Gasteiger partial charge in [0.25, 0.3) is 0 Å². The van der Waals surface area contributed by atoms with Crippen LogP contribution in [-0.4, -0.2) is 36.0 Å². The van der Waals surface area contributed by atoms with Crippen molar-refractivity contribution < 1.29 is 9.59 Å². The van der Waals surface area contributed by atoms with Crippen LogP contribution in [0.1, 0.15) is 12.8 Å². The highest BCUT2D eigenvalue weighted by Gasteiger charge is 2.25. The van der Waals surface area contributed by atoms with E-state index in [0.29, 0.717) is 0 Å². The minimum Gasteiger partial charge on any atom is -0.361 e. The lowest BCUT2D eigenvalue weighted by molar-refractivity contribution is -0.146. The van der Waals surface area contributed by atoms with E-state index in [1.54, 1.807) is 0 Å². The lowest BCUT2D eigenvalue weighted by atomic mass is 10.1. The molecule has 14 heavy (non-hydrogen) atoms. The molecule has 0 aromatic heterocycles. The van der Waals surface area contributed by atoms with Crippen molar-refractivity contribution in [3.8, 4) is 0 Å². The van der Waals surface area contributed by atoms with Crippen molar-refractivity contribution in [2.75, 3.05) is 13.1 Å². The Hall–Kier alpha value is -0.850. The highest BCUT2D eigenvalue weighted by molar-refractivity contribution is 6.34. The molecule has 0 unspecified atom stereocenters. The summed E-state index contributed by atoms with van der Waals surface area (Å²) in [6.07, 6.45) is 1.52. The highest BCUT2D eigenvalue weighted by atomic mass is 35.5. The summed E-state index contributed by atoms with van der Waals surface area (Å²) in [6.45, 7) is 1.62. The molecule has 0 radical (unpaired) electrons. The predicted octanol–water partition coefficient (Wildman–Crippen LogP) is -1.65. The molecule has 0 aliphatic carbocycles. The van der Waals surface area contributed by atoms with E-state index in [1.165, 1.54) is 0 Å². The second-order valence-electron chi connectivity index (χ2n) is 3.06. The summed E-state index contributed by atoms with van der Waals surface area (Å²) in [7, 11) is 0. The molecule has 2 amide bonds. The van der Waals surface area contributed by atoms with Crippen LogP contribution in [0.3, 0.4) is 0 Å². The number of carbonyl (C=O) groups is 2. The maximum Gasteiger partial charge on any atom is 0.325 e. The van der Waals surface area contributed by atoms with Crippen molar-refractivity contribution in [1.82, 2.24) is 10.3 Å². The van der Waals surface area contributed by atoms with Crippen LogP contribution >= 0.6 is 12.4 Å². The fourth-order valence-electron chi connectivity index (χ4n) is 1.38. The topological polar surface area (TPSA) is 101 Å². The maximum absolute atomic E-state index is 11.0. The minimum atomic E-state index is -0.999. The number of primary amides is 1. The molecular weight excluding hydrogens is 208 g/mol. The molecular formula is C7H15ClN4O2. The van der Waals surface area contributed by atoms with Crippen LogP contribution in [0.4, 0.5) is 0 Å². The average molecular weight is 223 g/mol. The van der Waals surface area contributed by atoms with Crippen molar-refractivity contribution in [3.05, 3.63) is 0 Å². The van der Waals surface area contributed by atoms with Crippen LogP contribution in [0, 0.1) is 0 Å². The summed E-state index contributed by atoms with van der Waals surface area (Å²) in [6, 6.07) is -0.0683. The first-order valence-electron chi connectivity index (χ1n) is 4.21. The van der Waals surface area contributed by atoms with Crippen LogP contribution in [0.25, 0.3) is 0 Å². The summed E-state index contributed by atoms with van der Waals surface area (Å²) >= 11 is 0. The Morgan fingerprint density at radius 1 is 1.29 bits per heavy atom. The molecule has 1 aliphatic rings. The van der Waals surface area contributed by atoms with Crippen LogP contribution in [-0.2, 0) is 9.59 Å². The van der Waals surface area contributed by atoms with Gasteiger partial charge in [-0.2, -0.15) is 0 Å². The summed E-state index contributed by atoms with van der Waals surface area (Å²) in [4.78, 5) is 21.6. The monoisotopic (exact) mass is 222 g/mol. The number of hydrazine groups is 1. The van der Waals surface area contributed by atoms with Crippen molar-refractivity contribution in [2.24, 2.45) is 11.6 Å². The van der Waals surface area contributed by atoms with E-state index in [4.69, 9.17) is 11.6 Å². The van der Waals surface area contributed by atoms with Gasteiger partial charge in [0, 0.05) is 0 Å². The fraction of sp³-hybridized carbons (Fsp3) is 0.714. The Kier molecular flexibility index (Phi) is 5.44. The normalized spacial score (nSPS) is 16.9. The molecule has 0 atom stereocenters. The Balaban J connectivity index is 0.00000169. The molecule has 1 aliphatic heterocycles. The van der Waals surface area contributed by atoms with Gasteiger partial charge in [0.15, 0.2) is 0 Å². The second kappa shape index (κ2) is 5.79. The van der Waals surface area contributed by atoms with Gasteiger partial charge in [-0.1, -0.05) is 0 Å². The number of piperidine rings is 1. The molecule has 0 saturated carbocycles. The number of nitrogens with two attached hydrogens (primary N) is 2. The van der Waals surface area contributed by atoms with Gasteiger partial charge >= 0.3 is 11.8 Å². The number of rotatable bonds is 1. The van der Waals surface area contributed by atoms with Gasteiger partial charge in [-0.15, -0.1) is 12.4 Å². The molecule has 5 N–H and O–H groups in total. The minimum absolute atomic E-state index is 0. The van der Waals surface area contributed by atoms with Gasteiger partial charge < -0.3 is 11.1 Å². The molecule has 6 nitrogen and oxygen atoms in total. The second-order valence-corrected chi connectivity index (χ2v) is 3.06. The van der Waals surface area contributed by atoms with E-state index in [1.807, 2.05) is 0 Å². The zero-order chi connectivity index (χ0) is 9.84. The third kappa shape index (κ3) is 3.13. The Morgan fingerprint density at radius 3 is 2.21 bits per heavy atom. The largest absolute Gasteiger partial charge is 0.361 e. The van der Waals surface area contributed by atoms with E-state index in [9.17, 15) is 9.59 Å². The van der Waals surface area contributed by atoms with Gasteiger partial charge in [0.1, 0.15) is 0 Å². The number of hydrogen-bond acceptors (Lipinski definition) is 4. The van der Waals surface area contributed by atoms with Gasteiger partial charge in [-0.3, -0.25) is 14.6 Å². The Bertz CT molecular complexity index is 218. The highest BCUT2D eigenvalue weighted by Crippen LogP contribution is 2.07. The van der Waals surface area contributed by atoms with Crippen LogP contribution in [0.2, 0.25) is 0 Å². The summed E-state index contributed by atoms with van der Waals surface area (Å²) in [5, 5.41) is 4.08. The summed E-state index contributed by atoms with van der Waals surface area (Å²) in [5.41, 5.74) is 4.82. The van der Waals surface area contributed by atoms with Crippen LogP contribution in [0.15, 0.2) is 0 Å². The van der Waals surface area contributed by atoms with E-state index >= 15 is 0 Å². The lowest BCUT2D eigenvalue weighted by Gasteiger charge is -2.29. The molecule has 0 aromatic carbocycles. The SMILES string of the molecule is Cl.NC(=O)C(=O)N(N)C1CCNCC1. The number of amides is 2. The summed E-state index contributed by atoms with van der Waals surface area (Å²) in [5.74, 6) is 3.64. The Labute approximate surface area is 88.4 Å². The van der Waals surface area contributed by atoms with Gasteiger partial charge in [0.2, 0.25) is 0 Å². The standard InChI is InChI=1S/C7H14N4O2.ClH/c8-6(12)7(13)11(9)5-1-3-10-4-2-5;/h5,10H,1-4,9H2,(H2,8,12);1H.